The first-order valence-electron chi connectivity index (χ1n) is 32.0. The van der Waals surface area contributed by atoms with Crippen LogP contribution >= 0.6 is 0 Å². The van der Waals surface area contributed by atoms with Gasteiger partial charge in [0.1, 0.15) is 0 Å². The zero-order valence-electron chi connectivity index (χ0n) is 51.1. The molecular weight excluding hydrogens is 1100 g/mol. The number of fused-ring (bicyclic) bond motifs is 16. The molecule has 0 bridgehead atoms. The predicted octanol–water partition coefficient (Wildman–Crippen LogP) is 21.9. The molecule has 3 aliphatic rings. The van der Waals surface area contributed by atoms with E-state index in [0.717, 1.165) is 57.6 Å². The maximum atomic E-state index is 5.19. The Balaban J connectivity index is 0.739. The van der Waals surface area contributed by atoms with E-state index in [-0.39, 0.29) is 10.8 Å². The summed E-state index contributed by atoms with van der Waals surface area (Å²) in [5.41, 5.74) is 31.8. The van der Waals surface area contributed by atoms with Crippen molar-refractivity contribution in [2.24, 2.45) is 0 Å². The Morgan fingerprint density at radius 2 is 0.769 bits per heavy atom. The Labute approximate surface area is 528 Å². The molecular formula is C86H61N5. The third kappa shape index (κ3) is 7.58. The highest BCUT2D eigenvalue weighted by Crippen LogP contribution is 2.52. The van der Waals surface area contributed by atoms with E-state index in [4.69, 9.17) is 9.97 Å². The molecule has 0 unspecified atom stereocenters. The first-order chi connectivity index (χ1) is 44.6. The second-order valence-corrected chi connectivity index (χ2v) is 26.4. The van der Waals surface area contributed by atoms with Crippen molar-refractivity contribution in [3.8, 4) is 73.1 Å². The summed E-state index contributed by atoms with van der Waals surface area (Å²) in [5, 5.41) is 7.25. The molecule has 430 valence electrons. The summed E-state index contributed by atoms with van der Waals surface area (Å²) in [6, 6.07) is 99.1. The minimum absolute atomic E-state index is 0.0833. The number of hydrogen-bond acceptors (Lipinski definition) is 2. The molecule has 0 amide bonds. The molecule has 4 heterocycles. The monoisotopic (exact) mass is 1160 g/mol. The Kier molecular flexibility index (Phi) is 10.9. The molecule has 0 spiro atoms. The van der Waals surface area contributed by atoms with E-state index in [9.17, 15) is 0 Å². The van der Waals surface area contributed by atoms with Gasteiger partial charge >= 0.3 is 0 Å². The lowest BCUT2D eigenvalue weighted by atomic mass is 9.82. The second kappa shape index (κ2) is 19.2. The highest BCUT2D eigenvalue weighted by Gasteiger charge is 2.37. The molecule has 3 aliphatic carbocycles. The number of hydrogen-bond donors (Lipinski definition) is 0. The van der Waals surface area contributed by atoms with Crippen LogP contribution in [-0.4, -0.2) is 23.7 Å². The van der Waals surface area contributed by atoms with Crippen LogP contribution in [0, 0.1) is 0 Å². The Bertz CT molecular complexity index is 5820. The fourth-order valence-corrected chi connectivity index (χ4v) is 16.3. The van der Waals surface area contributed by atoms with Gasteiger partial charge in [0, 0.05) is 82.6 Å². The molecule has 0 N–H and O–H groups in total. The van der Waals surface area contributed by atoms with Gasteiger partial charge in [-0.3, -0.25) is 0 Å². The van der Waals surface area contributed by atoms with Crippen LogP contribution in [0.5, 0.6) is 0 Å². The number of rotatable bonds is 7. The van der Waals surface area contributed by atoms with Crippen LogP contribution in [0.3, 0.4) is 0 Å². The van der Waals surface area contributed by atoms with E-state index in [1.54, 1.807) is 0 Å². The van der Waals surface area contributed by atoms with Gasteiger partial charge in [0.15, 0.2) is 5.82 Å². The van der Waals surface area contributed by atoms with Crippen molar-refractivity contribution in [3.63, 3.8) is 0 Å². The molecule has 91 heavy (non-hydrogen) atoms. The lowest BCUT2D eigenvalue weighted by Crippen LogP contribution is -2.15. The fourth-order valence-electron chi connectivity index (χ4n) is 16.3. The SMILES string of the molecule is CC1(C)c2ccccc2-c2ccc(-n3c4c(c5ccccc53)C=C(c3ccc5c(c3)c3cc(-c6ccc7c(c6)c6ccccc6n7-c6ccc(-c7nc(-c8ccccc8)nc8ccccc78)cc6)ccc3n5-c3ccc5c(c3)C(C)(C)c3ccccc3-5)CC4)cc21. The third-order valence-corrected chi connectivity index (χ3v) is 20.8. The summed E-state index contributed by atoms with van der Waals surface area (Å²) >= 11 is 0. The number of benzene rings is 12. The van der Waals surface area contributed by atoms with Gasteiger partial charge in [-0.1, -0.05) is 204 Å². The first-order valence-corrected chi connectivity index (χ1v) is 32.0. The molecule has 12 aromatic carbocycles. The predicted molar refractivity (Wildman–Crippen MR) is 379 cm³/mol. The standard InChI is InChI=1S/C86H61N5/c1-85(2)72-25-13-8-20-61(72)63-40-38-59(50-74(63)85)90-78-29-17-12-23-66(78)69-47-55(33-43-80(69)90)57-35-45-82-71(49-57)70-48-56(34-44-81(70)91(82)60-39-41-64-62-21-9-14-26-73(62)86(3,4)75(64)51-60)54-32-42-79-68(46-54)65-22-11-16-28-77(65)89(79)58-36-30-52(31-37-58)83-67-24-10-15-27-76(67)87-84(88-83)53-18-6-5-7-19-53/h5-32,34-42,44-51H,33,43H2,1-4H3. The third-order valence-electron chi connectivity index (χ3n) is 20.8. The van der Waals surface area contributed by atoms with E-state index >= 15 is 0 Å². The van der Waals surface area contributed by atoms with Gasteiger partial charge in [0.2, 0.25) is 0 Å². The second-order valence-electron chi connectivity index (χ2n) is 26.4. The largest absolute Gasteiger partial charge is 0.313 e. The summed E-state index contributed by atoms with van der Waals surface area (Å²) in [4.78, 5) is 10.2. The van der Waals surface area contributed by atoms with Crippen LogP contribution in [-0.2, 0) is 17.3 Å². The van der Waals surface area contributed by atoms with Crippen LogP contribution < -0.4 is 0 Å². The number of aromatic nitrogens is 5. The Morgan fingerprint density at radius 1 is 0.308 bits per heavy atom. The van der Waals surface area contributed by atoms with Crippen LogP contribution in [0.15, 0.2) is 267 Å². The summed E-state index contributed by atoms with van der Waals surface area (Å²) in [6.45, 7) is 9.53. The van der Waals surface area contributed by atoms with Crippen LogP contribution in [0.1, 0.15) is 73.2 Å². The molecule has 19 rings (SSSR count). The molecule has 4 aromatic heterocycles. The minimum Gasteiger partial charge on any atom is -0.313 e. The van der Waals surface area contributed by atoms with Crippen LogP contribution in [0.25, 0.3) is 150 Å². The summed E-state index contributed by atoms with van der Waals surface area (Å²) in [5.74, 6) is 0.723. The maximum absolute atomic E-state index is 5.19. The molecule has 0 saturated carbocycles. The van der Waals surface area contributed by atoms with Gasteiger partial charge in [-0.25, -0.2) is 9.97 Å². The summed E-state index contributed by atoms with van der Waals surface area (Å²) < 4.78 is 7.49. The Hall–Kier alpha value is -11.1. The van der Waals surface area contributed by atoms with Crippen molar-refractivity contribution >= 4 is 77.1 Å². The maximum Gasteiger partial charge on any atom is 0.160 e. The zero-order chi connectivity index (χ0) is 60.4. The van der Waals surface area contributed by atoms with Crippen molar-refractivity contribution in [2.75, 3.05) is 0 Å². The fraction of sp³-hybridized carbons (Fsp3) is 0.0930. The molecule has 16 aromatic rings. The highest BCUT2D eigenvalue weighted by atomic mass is 15.0. The Morgan fingerprint density at radius 3 is 1.42 bits per heavy atom. The normalized spacial score (nSPS) is 14.3. The van der Waals surface area contributed by atoms with Crippen molar-refractivity contribution in [1.82, 2.24) is 23.7 Å². The van der Waals surface area contributed by atoms with Crippen LogP contribution in [0.2, 0.25) is 0 Å². The van der Waals surface area contributed by atoms with Gasteiger partial charge < -0.3 is 13.7 Å². The number of nitrogens with zero attached hydrogens (tertiary/aromatic N) is 5. The van der Waals surface area contributed by atoms with Crippen molar-refractivity contribution < 1.29 is 0 Å². The smallest absolute Gasteiger partial charge is 0.160 e. The number of para-hydroxylation sites is 3. The summed E-state index contributed by atoms with van der Waals surface area (Å²) in [7, 11) is 0. The minimum atomic E-state index is -0.134. The van der Waals surface area contributed by atoms with E-state index < -0.39 is 0 Å². The van der Waals surface area contributed by atoms with Crippen LogP contribution in [0.4, 0.5) is 0 Å². The zero-order valence-corrected chi connectivity index (χ0v) is 51.1. The van der Waals surface area contributed by atoms with E-state index in [1.807, 2.05) is 24.3 Å². The average Bonchev–Trinajstić information content (AvgIpc) is 1.61. The van der Waals surface area contributed by atoms with Crippen molar-refractivity contribution in [2.45, 2.75) is 51.4 Å². The van der Waals surface area contributed by atoms with Gasteiger partial charge in [0.25, 0.3) is 0 Å². The van der Waals surface area contributed by atoms with Crippen molar-refractivity contribution in [3.05, 3.63) is 306 Å². The first kappa shape index (κ1) is 51.9. The van der Waals surface area contributed by atoms with Gasteiger partial charge in [-0.05, 0) is 177 Å². The summed E-state index contributed by atoms with van der Waals surface area (Å²) in [6.07, 6.45) is 4.39. The average molecular weight is 1160 g/mol. The van der Waals surface area contributed by atoms with E-state index in [1.165, 1.54) is 138 Å². The van der Waals surface area contributed by atoms with Gasteiger partial charge in [-0.15, -0.1) is 0 Å². The lowest BCUT2D eigenvalue weighted by Gasteiger charge is -2.23. The van der Waals surface area contributed by atoms with E-state index in [0.29, 0.717) is 0 Å². The molecule has 0 radical (unpaired) electrons. The molecule has 0 fully saturated rings. The number of allylic oxidation sites excluding steroid dienone is 1. The van der Waals surface area contributed by atoms with Gasteiger partial charge in [0.05, 0.1) is 38.8 Å². The molecule has 0 saturated heterocycles. The quantitative estimate of drug-likeness (QED) is 0.160. The van der Waals surface area contributed by atoms with E-state index in [2.05, 4.69) is 290 Å². The van der Waals surface area contributed by atoms with Crippen molar-refractivity contribution in [1.29, 1.82) is 0 Å². The molecule has 5 heteroatoms. The molecule has 0 atom stereocenters. The highest BCUT2D eigenvalue weighted by molar-refractivity contribution is 6.14. The lowest BCUT2D eigenvalue weighted by molar-refractivity contribution is 0.659. The topological polar surface area (TPSA) is 40.6 Å². The van der Waals surface area contributed by atoms with Gasteiger partial charge in [-0.2, -0.15) is 0 Å². The molecule has 5 nitrogen and oxygen atoms in total. The molecule has 0 aliphatic heterocycles.